The highest BCUT2D eigenvalue weighted by Crippen LogP contribution is 2.40. The molecule has 2 fully saturated rings. The minimum atomic E-state index is -0.569. The standard InChI is InChI=1S/C34H40N6O7/c1-20(2)35-34(42)47-24-13-10-22(16-24)27-18-30(38-37-27)36-32(41)29-17-28(39-40(29)3)25-6-5-7-26(33-44-14-15-45-33)31(25)46-19-21-8-11-23(43-4)12-9-21/h5-9,11-12,17-18,20,22,24,33H,10,13-16,19H2,1-4H3,(H,35,42)(H2,36,37,38,41)/t22-,24+/m0/s1. The maximum atomic E-state index is 13.4. The topological polar surface area (TPSA) is 151 Å². The van der Waals surface area contributed by atoms with Crippen molar-refractivity contribution in [2.45, 2.75) is 64.1 Å². The second kappa shape index (κ2) is 14.3. The lowest BCUT2D eigenvalue weighted by atomic mass is 10.0. The third kappa shape index (κ3) is 7.58. The van der Waals surface area contributed by atoms with E-state index in [0.717, 1.165) is 35.4 Å². The number of alkyl carbamates (subject to hydrolysis) is 1. The second-order valence-corrected chi connectivity index (χ2v) is 12.0. The van der Waals surface area contributed by atoms with E-state index in [9.17, 15) is 9.59 Å². The molecule has 3 heterocycles. The molecule has 1 saturated heterocycles. The van der Waals surface area contributed by atoms with Crippen molar-refractivity contribution in [2.24, 2.45) is 7.05 Å². The van der Waals surface area contributed by atoms with E-state index in [1.807, 2.05) is 62.4 Å². The number of methoxy groups -OCH3 is 1. The summed E-state index contributed by atoms with van der Waals surface area (Å²) < 4.78 is 30.4. The van der Waals surface area contributed by atoms with Crippen LogP contribution < -0.4 is 20.1 Å². The zero-order valence-electron chi connectivity index (χ0n) is 26.9. The van der Waals surface area contributed by atoms with E-state index in [0.29, 0.717) is 54.8 Å². The molecule has 6 rings (SSSR count). The second-order valence-electron chi connectivity index (χ2n) is 12.0. The number of amides is 2. The summed E-state index contributed by atoms with van der Waals surface area (Å²) in [5.74, 6) is 1.51. The van der Waals surface area contributed by atoms with Crippen LogP contribution in [0.25, 0.3) is 11.3 Å². The van der Waals surface area contributed by atoms with Crippen molar-refractivity contribution < 1.29 is 33.3 Å². The quantitative estimate of drug-likeness (QED) is 0.193. The monoisotopic (exact) mass is 644 g/mol. The minimum Gasteiger partial charge on any atom is -0.497 e. The molecule has 1 saturated carbocycles. The van der Waals surface area contributed by atoms with E-state index in [1.165, 1.54) is 4.68 Å². The smallest absolute Gasteiger partial charge is 0.407 e. The molecule has 47 heavy (non-hydrogen) atoms. The molecule has 2 aromatic heterocycles. The lowest BCUT2D eigenvalue weighted by molar-refractivity contribution is -0.0458. The van der Waals surface area contributed by atoms with Crippen molar-refractivity contribution in [1.29, 1.82) is 0 Å². The molecule has 1 aliphatic heterocycles. The van der Waals surface area contributed by atoms with Crippen LogP contribution in [0, 0.1) is 0 Å². The van der Waals surface area contributed by atoms with E-state index < -0.39 is 12.4 Å². The first kappa shape index (κ1) is 32.1. The first-order valence-corrected chi connectivity index (χ1v) is 15.8. The van der Waals surface area contributed by atoms with Gasteiger partial charge in [-0.1, -0.05) is 24.3 Å². The summed E-state index contributed by atoms with van der Waals surface area (Å²) in [6.45, 7) is 5.05. The Morgan fingerprint density at radius 3 is 2.62 bits per heavy atom. The Morgan fingerprint density at radius 2 is 1.87 bits per heavy atom. The average molecular weight is 645 g/mol. The Hall–Kier alpha value is -4.88. The number of carbonyl (C=O) groups excluding carboxylic acids is 2. The predicted octanol–water partition coefficient (Wildman–Crippen LogP) is 5.47. The summed E-state index contributed by atoms with van der Waals surface area (Å²) in [6, 6.07) is 16.9. The summed E-state index contributed by atoms with van der Waals surface area (Å²) in [7, 11) is 3.34. The maximum Gasteiger partial charge on any atom is 0.407 e. The Labute approximate surface area is 272 Å². The highest BCUT2D eigenvalue weighted by Gasteiger charge is 2.31. The van der Waals surface area contributed by atoms with Crippen molar-refractivity contribution in [3.05, 3.63) is 77.1 Å². The van der Waals surface area contributed by atoms with Gasteiger partial charge in [0, 0.05) is 36.3 Å². The fourth-order valence-corrected chi connectivity index (χ4v) is 5.87. The summed E-state index contributed by atoms with van der Waals surface area (Å²) in [5, 5.41) is 17.7. The molecule has 2 atom stereocenters. The largest absolute Gasteiger partial charge is 0.497 e. The first-order valence-electron chi connectivity index (χ1n) is 15.8. The zero-order chi connectivity index (χ0) is 32.9. The normalized spacial score (nSPS) is 18.0. The van der Waals surface area contributed by atoms with Gasteiger partial charge in [-0.15, -0.1) is 0 Å². The Balaban J connectivity index is 1.16. The number of nitrogens with zero attached hydrogens (tertiary/aromatic N) is 3. The molecular formula is C34H40N6O7. The van der Waals surface area contributed by atoms with Crippen molar-refractivity contribution in [3.8, 4) is 22.8 Å². The maximum absolute atomic E-state index is 13.4. The van der Waals surface area contributed by atoms with Crippen molar-refractivity contribution >= 4 is 17.8 Å². The number of nitrogens with one attached hydrogen (secondary N) is 3. The van der Waals surface area contributed by atoms with E-state index in [4.69, 9.17) is 23.7 Å². The molecule has 2 aromatic carbocycles. The SMILES string of the molecule is COc1ccc(COc2c(-c3cc(C(=O)Nc4cc([C@H]5CC[C@@H](OC(=O)NC(C)C)C5)[nH]n4)n(C)n3)cccc2C2OCCO2)cc1. The molecule has 0 radical (unpaired) electrons. The summed E-state index contributed by atoms with van der Waals surface area (Å²) in [6.07, 6.45) is 1.16. The fraction of sp³-hybridized carbons (Fsp3) is 0.412. The van der Waals surface area contributed by atoms with Gasteiger partial charge in [0.15, 0.2) is 12.1 Å². The molecule has 13 heteroatoms. The van der Waals surface area contributed by atoms with Gasteiger partial charge in [0.05, 0.1) is 31.6 Å². The molecule has 13 nitrogen and oxygen atoms in total. The van der Waals surface area contributed by atoms with Crippen LogP contribution in [-0.4, -0.2) is 64.4 Å². The van der Waals surface area contributed by atoms with Gasteiger partial charge >= 0.3 is 6.09 Å². The van der Waals surface area contributed by atoms with Crippen molar-refractivity contribution in [1.82, 2.24) is 25.3 Å². The van der Waals surface area contributed by atoms with Crippen molar-refractivity contribution in [3.63, 3.8) is 0 Å². The zero-order valence-corrected chi connectivity index (χ0v) is 26.9. The summed E-state index contributed by atoms with van der Waals surface area (Å²) >= 11 is 0. The molecule has 4 aromatic rings. The van der Waals surface area contributed by atoms with E-state index in [1.54, 1.807) is 20.2 Å². The lowest BCUT2D eigenvalue weighted by Gasteiger charge is -2.18. The van der Waals surface area contributed by atoms with Crippen LogP contribution in [0.4, 0.5) is 10.6 Å². The predicted molar refractivity (Wildman–Crippen MR) is 172 cm³/mol. The van der Waals surface area contributed by atoms with E-state index in [-0.39, 0.29) is 24.0 Å². The first-order chi connectivity index (χ1) is 22.8. The third-order valence-electron chi connectivity index (χ3n) is 8.20. The Bertz CT molecular complexity index is 1690. The van der Waals surface area contributed by atoms with Crippen LogP contribution in [0.1, 0.15) is 72.6 Å². The number of anilines is 1. The van der Waals surface area contributed by atoms with Crippen LogP contribution in [0.5, 0.6) is 11.5 Å². The Morgan fingerprint density at radius 1 is 1.09 bits per heavy atom. The third-order valence-corrected chi connectivity index (χ3v) is 8.20. The number of H-pyrrole nitrogens is 1. The lowest BCUT2D eigenvalue weighted by Crippen LogP contribution is -2.33. The highest BCUT2D eigenvalue weighted by atomic mass is 16.7. The number of carbonyl (C=O) groups is 2. The van der Waals surface area contributed by atoms with Gasteiger partial charge in [-0.2, -0.15) is 10.2 Å². The molecule has 0 spiro atoms. The van der Waals surface area contributed by atoms with Crippen LogP contribution in [-0.2, 0) is 27.9 Å². The number of ether oxygens (including phenoxy) is 5. The molecule has 2 amide bonds. The van der Waals surface area contributed by atoms with Gasteiger partial charge in [0.25, 0.3) is 5.91 Å². The highest BCUT2D eigenvalue weighted by molar-refractivity contribution is 6.03. The van der Waals surface area contributed by atoms with Crippen LogP contribution in [0.2, 0.25) is 0 Å². The van der Waals surface area contributed by atoms with Crippen LogP contribution in [0.3, 0.4) is 0 Å². The number of aromatic amines is 1. The molecule has 3 N–H and O–H groups in total. The number of benzene rings is 2. The Kier molecular flexibility index (Phi) is 9.73. The summed E-state index contributed by atoms with van der Waals surface area (Å²) in [4.78, 5) is 25.4. The molecule has 0 unspecified atom stereocenters. The van der Waals surface area contributed by atoms with Gasteiger partial charge in [-0.05, 0) is 62.9 Å². The van der Waals surface area contributed by atoms with Crippen LogP contribution in [0.15, 0.2) is 54.6 Å². The summed E-state index contributed by atoms with van der Waals surface area (Å²) in [5.41, 5.74) is 4.18. The van der Waals surface area contributed by atoms with Gasteiger partial charge in [-0.25, -0.2) is 4.79 Å². The van der Waals surface area contributed by atoms with E-state index >= 15 is 0 Å². The molecule has 1 aliphatic carbocycles. The number of hydrogen-bond acceptors (Lipinski definition) is 9. The number of hydrogen-bond donors (Lipinski definition) is 3. The molecule has 2 aliphatic rings. The van der Waals surface area contributed by atoms with Gasteiger partial charge in [0.2, 0.25) is 0 Å². The van der Waals surface area contributed by atoms with E-state index in [2.05, 4.69) is 25.9 Å². The van der Waals surface area contributed by atoms with Crippen molar-refractivity contribution in [2.75, 3.05) is 25.6 Å². The average Bonchev–Trinajstić information content (AvgIpc) is 3.88. The fourth-order valence-electron chi connectivity index (χ4n) is 5.87. The molecule has 248 valence electrons. The number of aryl methyl sites for hydroxylation is 1. The number of aromatic nitrogens is 4. The van der Waals surface area contributed by atoms with Gasteiger partial charge < -0.3 is 34.3 Å². The van der Waals surface area contributed by atoms with Gasteiger partial charge in [0.1, 0.15) is 29.9 Å². The number of rotatable bonds is 11. The molecular weight excluding hydrogens is 604 g/mol. The van der Waals surface area contributed by atoms with Gasteiger partial charge in [-0.3, -0.25) is 14.6 Å². The van der Waals surface area contributed by atoms with Crippen LogP contribution >= 0.6 is 0 Å². The number of para-hydroxylation sites is 1. The molecule has 0 bridgehead atoms. The minimum absolute atomic E-state index is 0.0146.